The topological polar surface area (TPSA) is 66.0 Å². The third-order valence-electron chi connectivity index (χ3n) is 5.60. The van der Waals surface area contributed by atoms with Gasteiger partial charge in [-0.25, -0.2) is 4.99 Å². The summed E-state index contributed by atoms with van der Waals surface area (Å²) in [5.74, 6) is 1.96. The minimum Gasteiger partial charge on any atom is -0.381 e. The van der Waals surface area contributed by atoms with Crippen molar-refractivity contribution in [2.75, 3.05) is 19.6 Å². The average molecular weight is 378 g/mol. The molecular weight excluding hydrogens is 354 g/mol. The van der Waals surface area contributed by atoms with E-state index in [0.717, 1.165) is 31.2 Å². The van der Waals surface area contributed by atoms with Crippen molar-refractivity contribution >= 4 is 28.7 Å². The molecule has 3 aliphatic rings. The van der Waals surface area contributed by atoms with Crippen LogP contribution < -0.4 is 11.1 Å². The monoisotopic (exact) mass is 377 g/mol. The summed E-state index contributed by atoms with van der Waals surface area (Å²) in [6.07, 6.45) is 4.36. The number of benzene rings is 1. The second-order valence-corrected chi connectivity index (χ2v) is 8.24. The van der Waals surface area contributed by atoms with Gasteiger partial charge in [0.1, 0.15) is 0 Å². The lowest BCUT2D eigenvalue weighted by atomic mass is 9.92. The molecule has 0 aliphatic carbocycles. The molecule has 6 heteroatoms. The number of nitrogens with two attached hydrogens (primary N) is 1. The summed E-state index contributed by atoms with van der Waals surface area (Å²) in [5, 5.41) is 5.72. The number of nitrogens with one attached hydrogen (secondary N) is 1. The van der Waals surface area contributed by atoms with Crippen LogP contribution in [0.2, 0.25) is 0 Å². The van der Waals surface area contributed by atoms with Gasteiger partial charge in [-0.2, -0.15) is 0 Å². The molecule has 27 heavy (non-hydrogen) atoms. The van der Waals surface area contributed by atoms with Crippen molar-refractivity contribution in [3.8, 4) is 11.1 Å². The van der Waals surface area contributed by atoms with Crippen LogP contribution in [0.5, 0.6) is 0 Å². The van der Waals surface area contributed by atoms with Crippen LogP contribution in [0.3, 0.4) is 0 Å². The van der Waals surface area contributed by atoms with Crippen LogP contribution >= 0.6 is 11.3 Å². The van der Waals surface area contributed by atoms with Crippen LogP contribution in [-0.4, -0.2) is 42.2 Å². The number of piperidine rings is 1. The minimum atomic E-state index is 0.289. The maximum atomic E-state index is 6.17. The summed E-state index contributed by atoms with van der Waals surface area (Å²) in [6, 6.07) is 13.0. The number of thiophene rings is 1. The Kier molecular flexibility index (Phi) is 4.30. The zero-order valence-electron chi connectivity index (χ0n) is 15.1. The Hall–Kier alpha value is -2.44. The molecule has 0 saturated carbocycles. The van der Waals surface area contributed by atoms with E-state index in [1.165, 1.54) is 28.8 Å². The molecule has 3 aliphatic heterocycles. The van der Waals surface area contributed by atoms with Gasteiger partial charge in [-0.15, -0.1) is 11.3 Å². The number of aliphatic imine (C=N–C) groups is 2. The number of fused-ring (bicyclic) bond motifs is 1. The van der Waals surface area contributed by atoms with E-state index in [1.54, 1.807) is 11.3 Å². The highest BCUT2D eigenvalue weighted by atomic mass is 32.1. The first kappa shape index (κ1) is 16.7. The van der Waals surface area contributed by atoms with E-state index in [1.807, 2.05) is 12.3 Å². The Morgan fingerprint density at radius 2 is 2.07 bits per heavy atom. The minimum absolute atomic E-state index is 0.289. The Balaban J connectivity index is 1.43. The van der Waals surface area contributed by atoms with Gasteiger partial charge in [-0.3, -0.25) is 4.99 Å². The lowest BCUT2D eigenvalue weighted by Crippen LogP contribution is -2.41. The molecule has 0 radical (unpaired) electrons. The van der Waals surface area contributed by atoms with Crippen LogP contribution in [0.1, 0.15) is 17.7 Å². The maximum absolute atomic E-state index is 6.17. The van der Waals surface area contributed by atoms with E-state index in [-0.39, 0.29) is 6.04 Å². The Morgan fingerprint density at radius 1 is 1.19 bits per heavy atom. The maximum Gasteiger partial charge on any atom is 0.171 e. The van der Waals surface area contributed by atoms with E-state index >= 15 is 0 Å². The lowest BCUT2D eigenvalue weighted by Gasteiger charge is -2.28. The van der Waals surface area contributed by atoms with E-state index in [9.17, 15) is 0 Å². The van der Waals surface area contributed by atoms with Crippen molar-refractivity contribution in [1.82, 2.24) is 10.2 Å². The second kappa shape index (κ2) is 6.94. The van der Waals surface area contributed by atoms with Gasteiger partial charge in [-0.1, -0.05) is 30.3 Å². The second-order valence-electron chi connectivity index (χ2n) is 7.33. The van der Waals surface area contributed by atoms with E-state index < -0.39 is 0 Å². The standard InChI is InChI=1S/C21H23N5S/c22-20-21-25-17(15-7-4-8-23-10-15)12-26(21)18(11-24-20)19-9-16(13-27-19)14-5-2-1-3-6-14/h1-3,5-6,9,11,13,15,17,23H,4,7-8,10,12H2,(H2,22,24)/t15-,17?/m0/s1. The molecule has 2 aromatic rings. The average Bonchev–Trinajstić information content (AvgIpc) is 3.38. The van der Waals surface area contributed by atoms with Crippen LogP contribution in [0.15, 0.2) is 58.0 Å². The smallest absolute Gasteiger partial charge is 0.171 e. The molecule has 138 valence electrons. The van der Waals surface area contributed by atoms with E-state index in [2.05, 4.69) is 50.9 Å². The number of hydrogen-bond acceptors (Lipinski definition) is 6. The zero-order valence-corrected chi connectivity index (χ0v) is 16.0. The Bertz CT molecular complexity index is 921. The molecular formula is C21H23N5S. The predicted octanol–water partition coefficient (Wildman–Crippen LogP) is 3.17. The summed E-state index contributed by atoms with van der Waals surface area (Å²) >= 11 is 1.75. The fourth-order valence-electron chi connectivity index (χ4n) is 4.13. The van der Waals surface area contributed by atoms with Gasteiger partial charge in [0, 0.05) is 13.1 Å². The molecule has 4 heterocycles. The highest BCUT2D eigenvalue weighted by Crippen LogP contribution is 2.35. The number of amidine groups is 2. The molecule has 1 unspecified atom stereocenters. The highest BCUT2D eigenvalue weighted by Gasteiger charge is 2.36. The van der Waals surface area contributed by atoms with Gasteiger partial charge in [-0.05, 0) is 47.9 Å². The fraction of sp³-hybridized carbons (Fsp3) is 0.333. The van der Waals surface area contributed by atoms with Crippen molar-refractivity contribution in [2.24, 2.45) is 21.6 Å². The van der Waals surface area contributed by atoms with Crippen LogP contribution in [-0.2, 0) is 0 Å². The largest absolute Gasteiger partial charge is 0.381 e. The molecule has 1 aromatic carbocycles. The predicted molar refractivity (Wildman–Crippen MR) is 113 cm³/mol. The number of rotatable bonds is 3. The van der Waals surface area contributed by atoms with E-state index in [4.69, 9.17) is 10.7 Å². The van der Waals surface area contributed by atoms with Gasteiger partial charge in [0.05, 0.1) is 22.8 Å². The molecule has 0 amide bonds. The Labute approximate surface area is 163 Å². The van der Waals surface area contributed by atoms with Crippen LogP contribution in [0, 0.1) is 5.92 Å². The van der Waals surface area contributed by atoms with Gasteiger partial charge < -0.3 is 16.0 Å². The molecule has 0 bridgehead atoms. The van der Waals surface area contributed by atoms with Gasteiger partial charge in [0.2, 0.25) is 0 Å². The molecule has 0 spiro atoms. The highest BCUT2D eigenvalue weighted by molar-refractivity contribution is 7.11. The summed E-state index contributed by atoms with van der Waals surface area (Å²) in [6.45, 7) is 3.06. The number of nitrogens with zero attached hydrogens (tertiary/aromatic N) is 3. The molecule has 2 atom stereocenters. The molecule has 1 saturated heterocycles. The zero-order chi connectivity index (χ0) is 18.2. The summed E-state index contributed by atoms with van der Waals surface area (Å²) in [4.78, 5) is 12.9. The van der Waals surface area contributed by atoms with Crippen molar-refractivity contribution in [3.05, 3.63) is 52.9 Å². The molecule has 5 nitrogen and oxygen atoms in total. The third kappa shape index (κ3) is 3.09. The Morgan fingerprint density at radius 3 is 2.89 bits per heavy atom. The third-order valence-corrected chi connectivity index (χ3v) is 6.55. The molecule has 1 fully saturated rings. The van der Waals surface area contributed by atoms with Gasteiger partial charge >= 0.3 is 0 Å². The quantitative estimate of drug-likeness (QED) is 0.863. The number of hydrogen-bond donors (Lipinski definition) is 2. The SMILES string of the molecule is NC1=NC=C(c2cc(-c3ccccc3)cs2)N2CC([C@H]3CCCNC3)N=C12. The molecule has 3 N–H and O–H groups in total. The first-order valence-corrected chi connectivity index (χ1v) is 10.4. The van der Waals surface area contributed by atoms with Gasteiger partial charge in [0.15, 0.2) is 11.7 Å². The van der Waals surface area contributed by atoms with Crippen molar-refractivity contribution in [2.45, 2.75) is 18.9 Å². The molecule has 1 aromatic heterocycles. The van der Waals surface area contributed by atoms with Crippen LogP contribution in [0.25, 0.3) is 16.8 Å². The van der Waals surface area contributed by atoms with Crippen LogP contribution in [0.4, 0.5) is 0 Å². The molecule has 5 rings (SSSR count). The van der Waals surface area contributed by atoms with Crippen molar-refractivity contribution in [1.29, 1.82) is 0 Å². The lowest BCUT2D eigenvalue weighted by molar-refractivity contribution is 0.316. The van der Waals surface area contributed by atoms with Crippen molar-refractivity contribution in [3.63, 3.8) is 0 Å². The van der Waals surface area contributed by atoms with E-state index in [0.29, 0.717) is 11.8 Å². The first-order valence-electron chi connectivity index (χ1n) is 9.54. The van der Waals surface area contributed by atoms with Crippen molar-refractivity contribution < 1.29 is 0 Å². The normalized spacial score (nSPS) is 24.9. The summed E-state index contributed by atoms with van der Waals surface area (Å²) in [7, 11) is 0. The summed E-state index contributed by atoms with van der Waals surface area (Å²) < 4.78 is 0. The first-order chi connectivity index (χ1) is 13.3. The fourth-order valence-corrected chi connectivity index (χ4v) is 5.06. The summed E-state index contributed by atoms with van der Waals surface area (Å²) in [5.41, 5.74) is 9.76. The van der Waals surface area contributed by atoms with Gasteiger partial charge in [0.25, 0.3) is 0 Å².